The zero-order chi connectivity index (χ0) is 8.15. The normalized spacial score (nSPS) is 12.2. The summed E-state index contributed by atoms with van der Waals surface area (Å²) in [5.74, 6) is -1.61. The average Bonchev–Trinajstić information content (AvgIpc) is 1.87. The number of rotatable bonds is 3. The average molecular weight is 146 g/mol. The molecule has 0 saturated carbocycles. The van der Waals surface area contributed by atoms with Crippen LogP contribution in [0.1, 0.15) is 20.3 Å². The Bertz CT molecular complexity index is 141. The van der Waals surface area contributed by atoms with E-state index in [1.54, 1.807) is 6.92 Å². The Hall–Kier alpha value is -1.06. The summed E-state index contributed by atoms with van der Waals surface area (Å²) < 4.78 is 4.42. The molecule has 0 aliphatic carbocycles. The van der Waals surface area contributed by atoms with E-state index >= 15 is 0 Å². The van der Waals surface area contributed by atoms with Gasteiger partial charge in [-0.3, -0.25) is 4.79 Å². The Morgan fingerprint density at radius 1 is 1.60 bits per heavy atom. The van der Waals surface area contributed by atoms with Gasteiger partial charge in [0, 0.05) is 6.42 Å². The SMILES string of the molecule is CCC(=O)OC(C)C(=O)O. The second kappa shape index (κ2) is 3.87. The molecule has 10 heavy (non-hydrogen) atoms. The summed E-state index contributed by atoms with van der Waals surface area (Å²) in [7, 11) is 0. The first-order chi connectivity index (χ1) is 4.57. The smallest absolute Gasteiger partial charge is 0.344 e. The van der Waals surface area contributed by atoms with Gasteiger partial charge in [0.05, 0.1) is 0 Å². The van der Waals surface area contributed by atoms with E-state index in [-0.39, 0.29) is 6.42 Å². The molecule has 0 aromatic heterocycles. The van der Waals surface area contributed by atoms with Gasteiger partial charge in [-0.25, -0.2) is 4.79 Å². The van der Waals surface area contributed by atoms with Crippen LogP contribution in [-0.2, 0) is 14.3 Å². The molecule has 0 aliphatic rings. The first-order valence-electron chi connectivity index (χ1n) is 3.00. The van der Waals surface area contributed by atoms with Crippen LogP contribution in [0.4, 0.5) is 0 Å². The topological polar surface area (TPSA) is 63.6 Å². The van der Waals surface area contributed by atoms with Gasteiger partial charge >= 0.3 is 11.9 Å². The number of hydrogen-bond acceptors (Lipinski definition) is 3. The van der Waals surface area contributed by atoms with E-state index in [1.165, 1.54) is 6.92 Å². The van der Waals surface area contributed by atoms with E-state index in [1.807, 2.05) is 0 Å². The Balaban J connectivity index is 3.68. The molecule has 0 fully saturated rings. The van der Waals surface area contributed by atoms with Crippen LogP contribution in [0, 0.1) is 0 Å². The van der Waals surface area contributed by atoms with Crippen LogP contribution in [0.25, 0.3) is 0 Å². The van der Waals surface area contributed by atoms with Crippen molar-refractivity contribution in [3.8, 4) is 0 Å². The molecule has 1 unspecified atom stereocenters. The van der Waals surface area contributed by atoms with Crippen molar-refractivity contribution in [1.82, 2.24) is 0 Å². The quantitative estimate of drug-likeness (QED) is 0.586. The van der Waals surface area contributed by atoms with Crippen molar-refractivity contribution in [2.75, 3.05) is 0 Å². The molecule has 0 heterocycles. The highest BCUT2D eigenvalue weighted by molar-refractivity contribution is 5.77. The highest BCUT2D eigenvalue weighted by Crippen LogP contribution is 1.93. The molecule has 0 aromatic rings. The highest BCUT2D eigenvalue weighted by Gasteiger charge is 2.14. The molecule has 4 nitrogen and oxygen atoms in total. The van der Waals surface area contributed by atoms with E-state index in [4.69, 9.17) is 5.11 Å². The minimum Gasteiger partial charge on any atom is -0.479 e. The van der Waals surface area contributed by atoms with E-state index in [0.717, 1.165) is 0 Å². The van der Waals surface area contributed by atoms with Crippen molar-refractivity contribution in [2.45, 2.75) is 26.4 Å². The van der Waals surface area contributed by atoms with Crippen LogP contribution in [-0.4, -0.2) is 23.1 Å². The number of carbonyl (C=O) groups excluding carboxylic acids is 1. The van der Waals surface area contributed by atoms with E-state index in [9.17, 15) is 9.59 Å². The van der Waals surface area contributed by atoms with Gasteiger partial charge in [-0.1, -0.05) is 6.92 Å². The van der Waals surface area contributed by atoms with Gasteiger partial charge in [-0.15, -0.1) is 0 Å². The summed E-state index contributed by atoms with van der Waals surface area (Å²) in [5, 5.41) is 8.25. The molecule has 4 heteroatoms. The Morgan fingerprint density at radius 3 is 2.40 bits per heavy atom. The number of carbonyl (C=O) groups is 2. The fourth-order valence-corrected chi connectivity index (χ4v) is 0.331. The molecule has 1 atom stereocenters. The van der Waals surface area contributed by atoms with Gasteiger partial charge in [0.15, 0.2) is 6.10 Å². The van der Waals surface area contributed by atoms with Crippen molar-refractivity contribution in [3.63, 3.8) is 0 Å². The number of ether oxygens (including phenoxy) is 1. The number of hydrogen-bond donors (Lipinski definition) is 1. The summed E-state index contributed by atoms with van der Waals surface area (Å²) >= 11 is 0. The van der Waals surface area contributed by atoms with Crippen LogP contribution < -0.4 is 0 Å². The molecule has 0 spiro atoms. The number of carboxylic acid groups (broad SMARTS) is 1. The molecule has 0 saturated heterocycles. The first-order valence-corrected chi connectivity index (χ1v) is 3.00. The third-order valence-electron chi connectivity index (χ3n) is 0.945. The summed E-state index contributed by atoms with van der Waals surface area (Å²) in [6.07, 6.45) is -0.829. The van der Waals surface area contributed by atoms with E-state index in [0.29, 0.717) is 0 Å². The third-order valence-corrected chi connectivity index (χ3v) is 0.945. The molecule has 0 aliphatic heterocycles. The third kappa shape index (κ3) is 3.06. The van der Waals surface area contributed by atoms with E-state index < -0.39 is 18.0 Å². The molecule has 0 amide bonds. The van der Waals surface area contributed by atoms with E-state index in [2.05, 4.69) is 4.74 Å². The van der Waals surface area contributed by atoms with Crippen LogP contribution in [0.15, 0.2) is 0 Å². The molecule has 0 aromatic carbocycles. The molecule has 0 radical (unpaired) electrons. The minimum atomic E-state index is -1.12. The predicted molar refractivity (Wildman–Crippen MR) is 33.5 cm³/mol. The molecular weight excluding hydrogens is 136 g/mol. The molecular formula is C6H10O4. The van der Waals surface area contributed by atoms with Crippen LogP contribution in [0.3, 0.4) is 0 Å². The number of aliphatic carboxylic acids is 1. The lowest BCUT2D eigenvalue weighted by Crippen LogP contribution is -2.22. The molecule has 0 bridgehead atoms. The summed E-state index contributed by atoms with van der Waals surface area (Å²) in [6, 6.07) is 0. The molecule has 58 valence electrons. The van der Waals surface area contributed by atoms with Gasteiger partial charge < -0.3 is 9.84 Å². The predicted octanol–water partition coefficient (Wildman–Crippen LogP) is 0.413. The lowest BCUT2D eigenvalue weighted by molar-refractivity contribution is -0.162. The minimum absolute atomic E-state index is 0.206. The summed E-state index contributed by atoms with van der Waals surface area (Å²) in [6.45, 7) is 2.92. The maximum absolute atomic E-state index is 10.4. The van der Waals surface area contributed by atoms with Crippen molar-refractivity contribution in [3.05, 3.63) is 0 Å². The Kier molecular flexibility index (Phi) is 3.46. The standard InChI is InChI=1S/C6H10O4/c1-3-5(7)10-4(2)6(8)9/h4H,3H2,1-2H3,(H,8,9). The molecule has 1 N–H and O–H groups in total. The second-order valence-electron chi connectivity index (χ2n) is 1.82. The number of esters is 1. The van der Waals surface area contributed by atoms with Crippen LogP contribution in [0.2, 0.25) is 0 Å². The lowest BCUT2D eigenvalue weighted by Gasteiger charge is -2.05. The lowest BCUT2D eigenvalue weighted by atomic mass is 10.4. The van der Waals surface area contributed by atoms with Crippen LogP contribution >= 0.6 is 0 Å². The van der Waals surface area contributed by atoms with Gasteiger partial charge in [0.25, 0.3) is 0 Å². The van der Waals surface area contributed by atoms with Crippen molar-refractivity contribution < 1.29 is 19.4 Å². The van der Waals surface area contributed by atoms with Gasteiger partial charge in [0.1, 0.15) is 0 Å². The van der Waals surface area contributed by atoms with Crippen LogP contribution in [0.5, 0.6) is 0 Å². The monoisotopic (exact) mass is 146 g/mol. The zero-order valence-corrected chi connectivity index (χ0v) is 5.96. The van der Waals surface area contributed by atoms with Crippen molar-refractivity contribution >= 4 is 11.9 Å². The maximum atomic E-state index is 10.4. The fourth-order valence-electron chi connectivity index (χ4n) is 0.331. The second-order valence-corrected chi connectivity index (χ2v) is 1.82. The fraction of sp³-hybridized carbons (Fsp3) is 0.667. The highest BCUT2D eigenvalue weighted by atomic mass is 16.6. The van der Waals surface area contributed by atoms with Crippen molar-refractivity contribution in [2.24, 2.45) is 0 Å². The molecule has 0 rings (SSSR count). The largest absolute Gasteiger partial charge is 0.479 e. The summed E-state index contributed by atoms with van der Waals surface area (Å²) in [4.78, 5) is 20.5. The zero-order valence-electron chi connectivity index (χ0n) is 5.96. The first kappa shape index (κ1) is 8.94. The van der Waals surface area contributed by atoms with Gasteiger partial charge in [-0.2, -0.15) is 0 Å². The van der Waals surface area contributed by atoms with Crippen molar-refractivity contribution in [1.29, 1.82) is 0 Å². The summed E-state index contributed by atoms with van der Waals surface area (Å²) in [5.41, 5.74) is 0. The maximum Gasteiger partial charge on any atom is 0.344 e. The Labute approximate surface area is 58.8 Å². The van der Waals surface area contributed by atoms with Gasteiger partial charge in [0.2, 0.25) is 0 Å². The Morgan fingerprint density at radius 2 is 2.10 bits per heavy atom. The number of carboxylic acids is 1. The van der Waals surface area contributed by atoms with Gasteiger partial charge in [-0.05, 0) is 6.92 Å².